The van der Waals surface area contributed by atoms with E-state index in [-0.39, 0.29) is 17.0 Å². The average molecular weight is 343 g/mol. The molecule has 0 aromatic carbocycles. The van der Waals surface area contributed by atoms with Crippen LogP contribution in [0.3, 0.4) is 0 Å². The Labute approximate surface area is 135 Å². The van der Waals surface area contributed by atoms with E-state index in [9.17, 15) is 0 Å². The second-order valence-corrected chi connectivity index (χ2v) is 5.47. The first-order valence-electron chi connectivity index (χ1n) is 8.00. The predicted octanol–water partition coefficient (Wildman–Crippen LogP) is 6.24. The van der Waals surface area contributed by atoms with Gasteiger partial charge in [0, 0.05) is 18.1 Å². The van der Waals surface area contributed by atoms with Gasteiger partial charge in [-0.1, -0.05) is 71.3 Å². The molecule has 0 saturated carbocycles. The van der Waals surface area contributed by atoms with E-state index >= 15 is 0 Å². The van der Waals surface area contributed by atoms with Gasteiger partial charge in [0.2, 0.25) is 0 Å². The van der Waals surface area contributed by atoms with Crippen LogP contribution in [-0.2, 0) is 0 Å². The average Bonchev–Trinajstić information content (AvgIpc) is 2.95. The smallest absolute Gasteiger partial charge is 0.0988 e. The molecule has 0 atom stereocenters. The Balaban J connectivity index is 0.00000361. The minimum absolute atomic E-state index is 0. The van der Waals surface area contributed by atoms with Crippen LogP contribution < -0.4 is 0 Å². The molecule has 3 heteroatoms. The van der Waals surface area contributed by atoms with E-state index in [4.69, 9.17) is 0 Å². The van der Waals surface area contributed by atoms with Gasteiger partial charge in [0.25, 0.3) is 0 Å². The maximum atomic E-state index is 4.10. The molecule has 0 amide bonds. The summed E-state index contributed by atoms with van der Waals surface area (Å²) < 4.78 is 2.02. The zero-order valence-corrected chi connectivity index (χ0v) is 14.7. The second-order valence-electron chi connectivity index (χ2n) is 5.47. The summed E-state index contributed by atoms with van der Waals surface area (Å²) in [6.07, 6.45) is 20.6. The van der Waals surface area contributed by atoms with E-state index in [1.54, 1.807) is 0 Å². The molecule has 0 aliphatic heterocycles. The maximum absolute atomic E-state index is 4.10. The second kappa shape index (κ2) is 13.4. The van der Waals surface area contributed by atoms with Crippen molar-refractivity contribution >= 4 is 22.7 Å². The van der Waals surface area contributed by atoms with Gasteiger partial charge in [-0.2, -0.15) is 0 Å². The van der Waals surface area contributed by atoms with Gasteiger partial charge in [-0.15, -0.1) is 17.0 Å². The van der Waals surface area contributed by atoms with Crippen LogP contribution in [0.4, 0.5) is 0 Å². The number of halogens is 1. The van der Waals surface area contributed by atoms with Crippen molar-refractivity contribution in [1.82, 2.24) is 9.55 Å². The fraction of sp³-hybridized carbons (Fsp3) is 0.706. The minimum Gasteiger partial charge on any atom is -0.311 e. The van der Waals surface area contributed by atoms with Gasteiger partial charge in [-0.25, -0.2) is 4.98 Å². The number of aromatic nitrogens is 2. The minimum atomic E-state index is 0. The number of rotatable bonds is 12. The molecule has 1 rings (SSSR count). The molecular weight excluding hydrogens is 312 g/mol. The first-order chi connectivity index (χ1) is 9.34. The quantitative estimate of drug-likeness (QED) is 0.411. The third kappa shape index (κ3) is 9.35. The molecular formula is C17H31BrN2. The Bertz CT molecular complexity index is 320. The monoisotopic (exact) mass is 342 g/mol. The number of hydrogen-bond donors (Lipinski definition) is 0. The Morgan fingerprint density at radius 3 is 2.00 bits per heavy atom. The van der Waals surface area contributed by atoms with E-state index in [1.807, 2.05) is 23.3 Å². The highest BCUT2D eigenvalue weighted by Crippen LogP contribution is 2.14. The fourth-order valence-electron chi connectivity index (χ4n) is 2.39. The Kier molecular flexibility index (Phi) is 13.0. The summed E-state index contributed by atoms with van der Waals surface area (Å²) in [5.41, 5.74) is 1.16. The molecule has 2 nitrogen and oxygen atoms in total. The summed E-state index contributed by atoms with van der Waals surface area (Å²) >= 11 is 0. The van der Waals surface area contributed by atoms with E-state index < -0.39 is 0 Å². The van der Waals surface area contributed by atoms with Crippen LogP contribution in [0.15, 0.2) is 25.3 Å². The van der Waals surface area contributed by atoms with Crippen LogP contribution >= 0.6 is 17.0 Å². The van der Waals surface area contributed by atoms with E-state index in [1.165, 1.54) is 64.2 Å². The van der Waals surface area contributed by atoms with Gasteiger partial charge >= 0.3 is 0 Å². The molecule has 1 heterocycles. The van der Waals surface area contributed by atoms with Crippen molar-refractivity contribution in [2.45, 2.75) is 77.6 Å². The SMILES string of the molecule is Br.C=C(CCCCCCCCCCCC)n1ccnc1. The molecule has 0 aliphatic carbocycles. The zero-order chi connectivity index (χ0) is 13.8. The number of nitrogens with zero attached hydrogens (tertiary/aromatic N) is 2. The van der Waals surface area contributed by atoms with Crippen LogP contribution in [0.5, 0.6) is 0 Å². The number of allylic oxidation sites excluding steroid dienone is 1. The lowest BCUT2D eigenvalue weighted by atomic mass is 10.1. The van der Waals surface area contributed by atoms with Crippen molar-refractivity contribution in [2.75, 3.05) is 0 Å². The molecule has 0 N–H and O–H groups in total. The normalized spacial score (nSPS) is 10.2. The number of imidazole rings is 1. The molecule has 0 bridgehead atoms. The van der Waals surface area contributed by atoms with Gasteiger partial charge in [0.15, 0.2) is 0 Å². The summed E-state index contributed by atoms with van der Waals surface area (Å²) in [5.74, 6) is 0. The van der Waals surface area contributed by atoms with Crippen LogP contribution in [0, 0.1) is 0 Å². The highest BCUT2D eigenvalue weighted by molar-refractivity contribution is 8.93. The zero-order valence-electron chi connectivity index (χ0n) is 13.0. The summed E-state index contributed by atoms with van der Waals surface area (Å²) in [6.45, 7) is 6.37. The van der Waals surface area contributed by atoms with Gasteiger partial charge in [0.05, 0.1) is 6.33 Å². The highest BCUT2D eigenvalue weighted by Gasteiger charge is 1.97. The molecule has 0 unspecified atom stereocenters. The topological polar surface area (TPSA) is 17.8 Å². The Hall–Kier alpha value is -0.570. The Morgan fingerprint density at radius 2 is 1.50 bits per heavy atom. The summed E-state index contributed by atoms with van der Waals surface area (Å²) in [5, 5.41) is 0. The van der Waals surface area contributed by atoms with Gasteiger partial charge in [-0.05, 0) is 12.8 Å². The van der Waals surface area contributed by atoms with E-state index in [2.05, 4.69) is 18.5 Å². The van der Waals surface area contributed by atoms with Crippen molar-refractivity contribution in [3.8, 4) is 0 Å². The molecule has 1 aromatic rings. The largest absolute Gasteiger partial charge is 0.311 e. The van der Waals surface area contributed by atoms with E-state index in [0.29, 0.717) is 0 Å². The first kappa shape index (κ1) is 19.4. The van der Waals surface area contributed by atoms with Gasteiger partial charge in [-0.3, -0.25) is 0 Å². The first-order valence-corrected chi connectivity index (χ1v) is 8.00. The molecule has 0 aliphatic rings. The Morgan fingerprint density at radius 1 is 0.950 bits per heavy atom. The number of unbranched alkanes of at least 4 members (excludes halogenated alkanes) is 9. The van der Waals surface area contributed by atoms with E-state index in [0.717, 1.165) is 12.1 Å². The van der Waals surface area contributed by atoms with Crippen molar-refractivity contribution in [3.63, 3.8) is 0 Å². The summed E-state index contributed by atoms with van der Waals surface area (Å²) in [4.78, 5) is 4.04. The van der Waals surface area contributed by atoms with Crippen molar-refractivity contribution in [3.05, 3.63) is 25.3 Å². The van der Waals surface area contributed by atoms with Crippen molar-refractivity contribution in [2.24, 2.45) is 0 Å². The van der Waals surface area contributed by atoms with Crippen LogP contribution in [0.2, 0.25) is 0 Å². The predicted molar refractivity (Wildman–Crippen MR) is 94.3 cm³/mol. The third-order valence-corrected chi connectivity index (χ3v) is 3.69. The van der Waals surface area contributed by atoms with Crippen LogP contribution in [0.25, 0.3) is 5.70 Å². The van der Waals surface area contributed by atoms with Crippen LogP contribution in [-0.4, -0.2) is 9.55 Å². The number of hydrogen-bond acceptors (Lipinski definition) is 1. The summed E-state index contributed by atoms with van der Waals surface area (Å²) in [7, 11) is 0. The lowest BCUT2D eigenvalue weighted by Crippen LogP contribution is -1.92. The molecule has 0 fully saturated rings. The van der Waals surface area contributed by atoms with Crippen molar-refractivity contribution < 1.29 is 0 Å². The molecule has 1 aromatic heterocycles. The highest BCUT2D eigenvalue weighted by atomic mass is 79.9. The van der Waals surface area contributed by atoms with Gasteiger partial charge < -0.3 is 4.57 Å². The van der Waals surface area contributed by atoms with Crippen LogP contribution in [0.1, 0.15) is 77.6 Å². The molecule has 0 radical (unpaired) electrons. The molecule has 0 spiro atoms. The third-order valence-electron chi connectivity index (χ3n) is 3.69. The maximum Gasteiger partial charge on any atom is 0.0988 e. The molecule has 116 valence electrons. The van der Waals surface area contributed by atoms with Crippen molar-refractivity contribution in [1.29, 1.82) is 0 Å². The standard InChI is InChI=1S/C17H30N2.BrH/c1-3-4-5-6-7-8-9-10-11-12-13-17(2)19-15-14-18-16-19;/h14-16H,2-13H2,1H3;1H. The summed E-state index contributed by atoms with van der Waals surface area (Å²) in [6, 6.07) is 0. The van der Waals surface area contributed by atoms with Gasteiger partial charge in [0.1, 0.15) is 0 Å². The fourth-order valence-corrected chi connectivity index (χ4v) is 2.39. The molecule has 0 saturated heterocycles. The lowest BCUT2D eigenvalue weighted by Gasteiger charge is -2.06. The lowest BCUT2D eigenvalue weighted by molar-refractivity contribution is 0.557. The molecule has 20 heavy (non-hydrogen) atoms.